The number of aliphatic hydroxyl groups is 1. The van der Waals surface area contributed by atoms with Crippen LogP contribution in [0.4, 0.5) is 0 Å². The predicted octanol–water partition coefficient (Wildman–Crippen LogP) is 1.95. The molecule has 0 spiro atoms. The molecule has 6 heteroatoms. The van der Waals surface area contributed by atoms with Gasteiger partial charge < -0.3 is 15.3 Å². The lowest BCUT2D eigenvalue weighted by molar-refractivity contribution is -0.129. The van der Waals surface area contributed by atoms with Crippen LogP contribution in [0.25, 0.3) is 0 Å². The fraction of sp³-hybridized carbons (Fsp3) is 0.333. The highest BCUT2D eigenvalue weighted by atomic mass is 32.1. The van der Waals surface area contributed by atoms with E-state index in [4.69, 9.17) is 0 Å². The van der Waals surface area contributed by atoms with Crippen LogP contribution in [0, 0.1) is 5.92 Å². The number of hydrogen-bond acceptors (Lipinski definition) is 4. The van der Waals surface area contributed by atoms with Gasteiger partial charge in [0.1, 0.15) is 0 Å². The van der Waals surface area contributed by atoms with E-state index < -0.39 is 6.10 Å². The van der Waals surface area contributed by atoms with E-state index in [1.54, 1.807) is 4.90 Å². The molecule has 2 heterocycles. The average Bonchev–Trinajstić information content (AvgIpc) is 3.24. The summed E-state index contributed by atoms with van der Waals surface area (Å²) in [6.45, 7) is 1.12. The third kappa shape index (κ3) is 4.01. The van der Waals surface area contributed by atoms with Crippen molar-refractivity contribution < 1.29 is 14.7 Å². The quantitative estimate of drug-likeness (QED) is 0.841. The number of nitrogens with one attached hydrogen (secondary N) is 1. The van der Waals surface area contributed by atoms with Crippen molar-refractivity contribution in [3.05, 3.63) is 58.3 Å². The van der Waals surface area contributed by atoms with Crippen LogP contribution in [-0.2, 0) is 16.1 Å². The topological polar surface area (TPSA) is 69.6 Å². The number of hydrogen-bond donors (Lipinski definition) is 2. The van der Waals surface area contributed by atoms with Gasteiger partial charge in [-0.25, -0.2) is 0 Å². The summed E-state index contributed by atoms with van der Waals surface area (Å²) in [4.78, 5) is 26.1. The molecule has 3 rings (SSSR count). The van der Waals surface area contributed by atoms with Crippen LogP contribution in [0.15, 0.2) is 47.2 Å². The first-order chi connectivity index (χ1) is 11.6. The standard InChI is InChI=1S/C18H20N2O3S/c21-16(14-6-7-24-12-14)9-19-18(23)15-8-17(22)20(11-15)10-13-4-2-1-3-5-13/h1-7,12,15-16,21H,8-11H2,(H,19,23). The minimum absolute atomic E-state index is 0.00242. The second kappa shape index (κ2) is 7.59. The van der Waals surface area contributed by atoms with Crippen LogP contribution in [0.2, 0.25) is 0 Å². The first-order valence-electron chi connectivity index (χ1n) is 7.93. The Labute approximate surface area is 144 Å². The molecular formula is C18H20N2O3S. The second-order valence-corrected chi connectivity index (χ2v) is 6.76. The smallest absolute Gasteiger partial charge is 0.225 e. The number of amides is 2. The minimum Gasteiger partial charge on any atom is -0.387 e. The van der Waals surface area contributed by atoms with Gasteiger partial charge in [-0.1, -0.05) is 30.3 Å². The predicted molar refractivity (Wildman–Crippen MR) is 92.3 cm³/mol. The highest BCUT2D eigenvalue weighted by molar-refractivity contribution is 7.07. The van der Waals surface area contributed by atoms with Gasteiger partial charge in [-0.05, 0) is 28.0 Å². The number of aliphatic hydroxyl groups excluding tert-OH is 1. The summed E-state index contributed by atoms with van der Waals surface area (Å²) in [5.41, 5.74) is 1.85. The summed E-state index contributed by atoms with van der Waals surface area (Å²) in [7, 11) is 0. The Morgan fingerprint density at radius 2 is 2.12 bits per heavy atom. The van der Waals surface area contributed by atoms with Crippen LogP contribution in [-0.4, -0.2) is 34.9 Å². The zero-order valence-corrected chi connectivity index (χ0v) is 14.0. The third-order valence-electron chi connectivity index (χ3n) is 4.20. The molecule has 1 fully saturated rings. The van der Waals surface area contributed by atoms with E-state index >= 15 is 0 Å². The van der Waals surface area contributed by atoms with Crippen LogP contribution in [0.3, 0.4) is 0 Å². The molecule has 0 radical (unpaired) electrons. The van der Waals surface area contributed by atoms with Crippen molar-refractivity contribution in [2.24, 2.45) is 5.92 Å². The Morgan fingerprint density at radius 3 is 2.83 bits per heavy atom. The van der Waals surface area contributed by atoms with Crippen molar-refractivity contribution in [3.63, 3.8) is 0 Å². The molecule has 0 aliphatic carbocycles. The van der Waals surface area contributed by atoms with Crippen LogP contribution >= 0.6 is 11.3 Å². The molecule has 24 heavy (non-hydrogen) atoms. The van der Waals surface area contributed by atoms with Crippen molar-refractivity contribution in [1.29, 1.82) is 0 Å². The van der Waals surface area contributed by atoms with Crippen molar-refractivity contribution in [1.82, 2.24) is 10.2 Å². The highest BCUT2D eigenvalue weighted by Gasteiger charge is 2.34. The third-order valence-corrected chi connectivity index (χ3v) is 4.90. The Bertz CT molecular complexity index is 688. The van der Waals surface area contributed by atoms with Crippen molar-refractivity contribution in [3.8, 4) is 0 Å². The Kier molecular flexibility index (Phi) is 5.27. The first kappa shape index (κ1) is 16.7. The molecule has 2 unspecified atom stereocenters. The molecule has 2 N–H and O–H groups in total. The Hall–Kier alpha value is -2.18. The lowest BCUT2D eigenvalue weighted by Crippen LogP contribution is -2.35. The summed E-state index contributed by atoms with van der Waals surface area (Å²) in [6.07, 6.45) is -0.481. The number of nitrogens with zero attached hydrogens (tertiary/aromatic N) is 1. The number of rotatable bonds is 6. The molecule has 1 aliphatic rings. The van der Waals surface area contributed by atoms with E-state index in [1.807, 2.05) is 47.2 Å². The maximum Gasteiger partial charge on any atom is 0.225 e. The molecule has 0 bridgehead atoms. The van der Waals surface area contributed by atoms with Crippen molar-refractivity contribution >= 4 is 23.2 Å². The number of carbonyl (C=O) groups excluding carboxylic acids is 2. The van der Waals surface area contributed by atoms with Gasteiger partial charge in [-0.15, -0.1) is 0 Å². The van der Waals surface area contributed by atoms with E-state index in [0.29, 0.717) is 13.1 Å². The first-order valence-corrected chi connectivity index (χ1v) is 8.87. The maximum absolute atomic E-state index is 12.3. The number of carbonyl (C=O) groups is 2. The average molecular weight is 344 g/mol. The zero-order chi connectivity index (χ0) is 16.9. The van der Waals surface area contributed by atoms with E-state index in [1.165, 1.54) is 11.3 Å². The molecule has 126 valence electrons. The van der Waals surface area contributed by atoms with Crippen molar-refractivity contribution in [2.75, 3.05) is 13.1 Å². The largest absolute Gasteiger partial charge is 0.387 e. The van der Waals surface area contributed by atoms with Crippen molar-refractivity contribution in [2.45, 2.75) is 19.1 Å². The summed E-state index contributed by atoms with van der Waals surface area (Å²) in [6, 6.07) is 11.6. The molecule has 1 aliphatic heterocycles. The van der Waals surface area contributed by atoms with Gasteiger partial charge in [-0.2, -0.15) is 11.3 Å². The molecule has 2 amide bonds. The van der Waals surface area contributed by atoms with Gasteiger partial charge in [0.2, 0.25) is 11.8 Å². The summed E-state index contributed by atoms with van der Waals surface area (Å²) in [5.74, 6) is -0.526. The number of benzene rings is 1. The Morgan fingerprint density at radius 1 is 1.33 bits per heavy atom. The van der Waals surface area contributed by atoms with Gasteiger partial charge in [0, 0.05) is 26.1 Å². The number of thiophene rings is 1. The molecule has 1 aromatic heterocycles. The summed E-state index contributed by atoms with van der Waals surface area (Å²) < 4.78 is 0. The van der Waals surface area contributed by atoms with E-state index in [0.717, 1.165) is 11.1 Å². The van der Waals surface area contributed by atoms with Gasteiger partial charge in [-0.3, -0.25) is 9.59 Å². The summed E-state index contributed by atoms with van der Waals surface area (Å²) >= 11 is 1.50. The number of likely N-dealkylation sites (tertiary alicyclic amines) is 1. The maximum atomic E-state index is 12.3. The molecular weight excluding hydrogens is 324 g/mol. The molecule has 1 saturated heterocycles. The SMILES string of the molecule is O=C(NCC(O)c1ccsc1)C1CC(=O)N(Cc2ccccc2)C1. The van der Waals surface area contributed by atoms with Gasteiger partial charge >= 0.3 is 0 Å². The molecule has 2 atom stereocenters. The molecule has 2 aromatic rings. The van der Waals surface area contributed by atoms with Gasteiger partial charge in [0.15, 0.2) is 0 Å². The monoisotopic (exact) mass is 344 g/mol. The fourth-order valence-corrected chi connectivity index (χ4v) is 3.54. The molecule has 5 nitrogen and oxygen atoms in total. The second-order valence-electron chi connectivity index (χ2n) is 5.98. The van der Waals surface area contributed by atoms with Crippen LogP contribution in [0.5, 0.6) is 0 Å². The molecule has 0 saturated carbocycles. The minimum atomic E-state index is -0.710. The lowest BCUT2D eigenvalue weighted by Gasteiger charge is -2.17. The van der Waals surface area contributed by atoms with E-state index in [-0.39, 0.29) is 30.7 Å². The Balaban J connectivity index is 1.50. The van der Waals surface area contributed by atoms with Gasteiger partial charge in [0.05, 0.1) is 12.0 Å². The lowest BCUT2D eigenvalue weighted by atomic mass is 10.1. The molecule has 1 aromatic carbocycles. The zero-order valence-electron chi connectivity index (χ0n) is 13.2. The fourth-order valence-electron chi connectivity index (χ4n) is 2.83. The van der Waals surface area contributed by atoms with Gasteiger partial charge in [0.25, 0.3) is 0 Å². The van der Waals surface area contributed by atoms with Crippen LogP contribution < -0.4 is 5.32 Å². The van der Waals surface area contributed by atoms with E-state index in [9.17, 15) is 14.7 Å². The van der Waals surface area contributed by atoms with E-state index in [2.05, 4.69) is 5.32 Å². The normalized spacial score (nSPS) is 18.6. The summed E-state index contributed by atoms with van der Waals surface area (Å²) in [5, 5.41) is 16.5. The highest BCUT2D eigenvalue weighted by Crippen LogP contribution is 2.21. The van der Waals surface area contributed by atoms with Crippen LogP contribution in [0.1, 0.15) is 23.7 Å².